The maximum Gasteiger partial charge on any atom is 0.297 e. The Kier molecular flexibility index (Phi) is 13.4. The smallest absolute Gasteiger partial charge is 0.297 e. The van der Waals surface area contributed by atoms with Crippen molar-refractivity contribution in [2.75, 3.05) is 13.2 Å². The van der Waals surface area contributed by atoms with Gasteiger partial charge in [0.25, 0.3) is 11.2 Å². The van der Waals surface area contributed by atoms with Gasteiger partial charge in [-0.15, -0.1) is 0 Å². The lowest BCUT2D eigenvalue weighted by Crippen LogP contribution is -2.24. The number of fused-ring (bicyclic) bond motifs is 1. The summed E-state index contributed by atoms with van der Waals surface area (Å²) < 4.78 is 13.9. The summed E-state index contributed by atoms with van der Waals surface area (Å²) in [6, 6.07) is 4.56. The zero-order valence-corrected chi connectivity index (χ0v) is 25.3. The number of nitro benzene ring substituents is 1. The second-order valence-electron chi connectivity index (χ2n) is 10.8. The van der Waals surface area contributed by atoms with E-state index in [4.69, 9.17) is 9.47 Å². The summed E-state index contributed by atoms with van der Waals surface area (Å²) in [6.45, 7) is 15.4. The molecule has 1 heterocycles. The first-order valence-electron chi connectivity index (χ1n) is 14.2. The standard InChI is InChI=1S/C33H46N2O5/c1-8-9-20-34-30-23-28(35(37)38)16-17-29(30)31(39-21-18-26(6)14-10-12-24(2)3)32(33(34)36)40-22-19-27(7)15-11-13-25(4)5/h12-13,16-19,23H,8-11,14-15,20-22H2,1-7H3/b26-18+,27-19+. The highest BCUT2D eigenvalue weighted by Gasteiger charge is 2.21. The van der Waals surface area contributed by atoms with Gasteiger partial charge < -0.3 is 14.0 Å². The summed E-state index contributed by atoms with van der Waals surface area (Å²) in [5.41, 5.74) is 5.02. The van der Waals surface area contributed by atoms with Gasteiger partial charge in [0, 0.05) is 24.1 Å². The van der Waals surface area contributed by atoms with E-state index in [9.17, 15) is 14.9 Å². The number of nitro groups is 1. The number of unbranched alkanes of at least 4 members (excludes halogenated alkanes) is 1. The van der Waals surface area contributed by atoms with Crippen LogP contribution in [0.4, 0.5) is 5.69 Å². The van der Waals surface area contributed by atoms with Crippen molar-refractivity contribution in [3.8, 4) is 11.5 Å². The largest absolute Gasteiger partial charge is 0.485 e. The van der Waals surface area contributed by atoms with E-state index in [1.165, 1.54) is 34.4 Å². The Bertz CT molecular complexity index is 1340. The van der Waals surface area contributed by atoms with Crippen LogP contribution in [-0.4, -0.2) is 22.7 Å². The van der Waals surface area contributed by atoms with Crippen LogP contribution in [0.25, 0.3) is 10.9 Å². The molecular weight excluding hydrogens is 504 g/mol. The molecule has 0 aliphatic rings. The SMILES string of the molecule is CCCCn1c(=O)c(OC/C=C(\C)CCC=C(C)C)c(OC/C=C(\C)CCC=C(C)C)c2ccc([N+](=O)[O-])cc21. The van der Waals surface area contributed by atoms with E-state index in [1.807, 2.05) is 19.1 Å². The molecule has 0 atom stereocenters. The molecule has 0 radical (unpaired) electrons. The molecule has 0 unspecified atom stereocenters. The first kappa shape index (κ1) is 32.6. The van der Waals surface area contributed by atoms with Gasteiger partial charge in [-0.1, -0.05) is 47.8 Å². The van der Waals surface area contributed by atoms with Gasteiger partial charge in [0.1, 0.15) is 13.2 Å². The topological polar surface area (TPSA) is 83.6 Å². The third-order valence-electron chi connectivity index (χ3n) is 6.61. The van der Waals surface area contributed by atoms with Crippen LogP contribution in [0.1, 0.15) is 87.0 Å². The number of pyridine rings is 1. The van der Waals surface area contributed by atoms with Crippen molar-refractivity contribution in [3.05, 3.63) is 85.3 Å². The predicted octanol–water partition coefficient (Wildman–Crippen LogP) is 8.85. The van der Waals surface area contributed by atoms with Gasteiger partial charge in [-0.2, -0.15) is 0 Å². The molecule has 0 spiro atoms. The molecule has 218 valence electrons. The molecule has 0 N–H and O–H groups in total. The fraction of sp³-hybridized carbons (Fsp3) is 0.485. The van der Waals surface area contributed by atoms with Gasteiger partial charge in [0.15, 0.2) is 5.75 Å². The van der Waals surface area contributed by atoms with Crippen LogP contribution >= 0.6 is 0 Å². The summed E-state index contributed by atoms with van der Waals surface area (Å²) in [5.74, 6) is 0.466. The second kappa shape index (κ2) is 16.5. The average Bonchev–Trinajstić information content (AvgIpc) is 2.89. The second-order valence-corrected chi connectivity index (χ2v) is 10.8. The fourth-order valence-electron chi connectivity index (χ4n) is 4.22. The Morgan fingerprint density at radius 1 is 0.875 bits per heavy atom. The lowest BCUT2D eigenvalue weighted by molar-refractivity contribution is -0.384. The molecule has 2 aromatic rings. The molecule has 7 nitrogen and oxygen atoms in total. The van der Waals surface area contributed by atoms with Crippen molar-refractivity contribution < 1.29 is 14.4 Å². The number of hydrogen-bond acceptors (Lipinski definition) is 5. The quantitative estimate of drug-likeness (QED) is 0.118. The Morgan fingerprint density at radius 2 is 1.43 bits per heavy atom. The Hall–Kier alpha value is -3.61. The zero-order valence-electron chi connectivity index (χ0n) is 25.3. The number of aryl methyl sites for hydroxylation is 1. The van der Waals surface area contributed by atoms with Crippen molar-refractivity contribution in [3.63, 3.8) is 0 Å². The van der Waals surface area contributed by atoms with Crippen LogP contribution in [-0.2, 0) is 6.54 Å². The van der Waals surface area contributed by atoms with Crippen molar-refractivity contribution in [2.24, 2.45) is 0 Å². The van der Waals surface area contributed by atoms with Gasteiger partial charge in [0.2, 0.25) is 5.75 Å². The predicted molar refractivity (Wildman–Crippen MR) is 166 cm³/mol. The minimum atomic E-state index is -0.444. The van der Waals surface area contributed by atoms with Crippen LogP contribution in [0.3, 0.4) is 0 Å². The van der Waals surface area contributed by atoms with E-state index < -0.39 is 4.92 Å². The van der Waals surface area contributed by atoms with Crippen LogP contribution in [0, 0.1) is 10.1 Å². The molecule has 0 saturated heterocycles. The maximum atomic E-state index is 13.8. The molecule has 1 aromatic heterocycles. The summed E-state index contributed by atoms with van der Waals surface area (Å²) in [5, 5.41) is 12.2. The van der Waals surface area contributed by atoms with E-state index in [-0.39, 0.29) is 30.2 Å². The summed E-state index contributed by atoms with van der Waals surface area (Å²) in [6.07, 6.45) is 13.8. The first-order valence-corrected chi connectivity index (χ1v) is 14.2. The van der Waals surface area contributed by atoms with Crippen LogP contribution in [0.5, 0.6) is 11.5 Å². The molecule has 7 heteroatoms. The van der Waals surface area contributed by atoms with Gasteiger partial charge in [-0.3, -0.25) is 14.9 Å². The fourth-order valence-corrected chi connectivity index (χ4v) is 4.22. The number of allylic oxidation sites excluding steroid dienone is 6. The molecule has 0 aliphatic heterocycles. The van der Waals surface area contributed by atoms with E-state index in [2.05, 4.69) is 53.7 Å². The van der Waals surface area contributed by atoms with Crippen molar-refractivity contribution >= 4 is 16.6 Å². The lowest BCUT2D eigenvalue weighted by Gasteiger charge is -2.18. The molecule has 0 aliphatic carbocycles. The van der Waals surface area contributed by atoms with Crippen molar-refractivity contribution in [2.45, 2.75) is 93.5 Å². The minimum Gasteiger partial charge on any atom is -0.485 e. The van der Waals surface area contributed by atoms with Crippen LogP contribution < -0.4 is 15.0 Å². The number of benzene rings is 1. The normalized spacial score (nSPS) is 11.9. The molecule has 2 rings (SSSR count). The molecule has 0 saturated carbocycles. The van der Waals surface area contributed by atoms with Crippen LogP contribution in [0.15, 0.2) is 69.6 Å². The summed E-state index contributed by atoms with van der Waals surface area (Å²) in [4.78, 5) is 24.8. The molecule has 40 heavy (non-hydrogen) atoms. The Balaban J connectivity index is 2.50. The van der Waals surface area contributed by atoms with Crippen molar-refractivity contribution in [1.29, 1.82) is 0 Å². The summed E-state index contributed by atoms with van der Waals surface area (Å²) >= 11 is 0. The molecule has 0 bridgehead atoms. The van der Waals surface area contributed by atoms with Gasteiger partial charge >= 0.3 is 0 Å². The van der Waals surface area contributed by atoms with Crippen LogP contribution in [0.2, 0.25) is 0 Å². The van der Waals surface area contributed by atoms with Gasteiger partial charge in [-0.05, 0) is 91.9 Å². The average molecular weight is 551 g/mol. The Labute approximate surface area is 239 Å². The number of ether oxygens (including phenoxy) is 2. The third-order valence-corrected chi connectivity index (χ3v) is 6.61. The number of nitrogens with zero attached hydrogens (tertiary/aromatic N) is 2. The van der Waals surface area contributed by atoms with Gasteiger partial charge in [0.05, 0.1) is 10.4 Å². The number of hydrogen-bond donors (Lipinski definition) is 0. The molecular formula is C33H46N2O5. The highest BCUT2D eigenvalue weighted by molar-refractivity contribution is 5.89. The molecule has 0 fully saturated rings. The van der Waals surface area contributed by atoms with Crippen molar-refractivity contribution in [1.82, 2.24) is 4.57 Å². The van der Waals surface area contributed by atoms with E-state index in [0.717, 1.165) is 38.5 Å². The molecule has 1 aromatic carbocycles. The Morgan fingerprint density at radius 3 is 1.93 bits per heavy atom. The molecule has 0 amide bonds. The first-order chi connectivity index (χ1) is 19.0. The maximum absolute atomic E-state index is 13.8. The number of aromatic nitrogens is 1. The zero-order chi connectivity index (χ0) is 29.7. The highest BCUT2D eigenvalue weighted by atomic mass is 16.6. The number of rotatable bonds is 16. The minimum absolute atomic E-state index is 0.0679. The lowest BCUT2D eigenvalue weighted by atomic mass is 10.1. The van der Waals surface area contributed by atoms with Gasteiger partial charge in [-0.25, -0.2) is 0 Å². The van der Waals surface area contributed by atoms with E-state index >= 15 is 0 Å². The summed E-state index contributed by atoms with van der Waals surface area (Å²) in [7, 11) is 0. The number of non-ortho nitro benzene ring substituents is 1. The highest BCUT2D eigenvalue weighted by Crippen LogP contribution is 2.35. The third kappa shape index (κ3) is 10.2. The monoisotopic (exact) mass is 550 g/mol. The van der Waals surface area contributed by atoms with E-state index in [0.29, 0.717) is 23.2 Å². The van der Waals surface area contributed by atoms with E-state index in [1.54, 1.807) is 10.6 Å².